The van der Waals surface area contributed by atoms with E-state index in [1.807, 2.05) is 0 Å². The summed E-state index contributed by atoms with van der Waals surface area (Å²) in [5, 5.41) is 12.7. The molecule has 0 fully saturated rings. The van der Waals surface area contributed by atoms with Crippen molar-refractivity contribution in [1.29, 1.82) is 5.26 Å². The molecule has 1 heterocycles. The molecule has 0 saturated carbocycles. The van der Waals surface area contributed by atoms with Crippen LogP contribution in [0, 0.1) is 17.1 Å². The summed E-state index contributed by atoms with van der Waals surface area (Å²) in [5.74, 6) is -1.18. The predicted octanol–water partition coefficient (Wildman–Crippen LogP) is 2.38. The topological polar surface area (TPSA) is 109 Å². The van der Waals surface area contributed by atoms with Gasteiger partial charge in [0.15, 0.2) is 0 Å². The standard InChI is InChI=1S/C16H12ClF4N5O3/c1-25-12(16(19,20)21)7-13(27)26(15(25)29)11-6-10(8(17)5-9(11)18)24-14(28)23-4-2-3-22/h5-7H,2,4H2,1H3,(H2,23,24,28). The van der Waals surface area contributed by atoms with Gasteiger partial charge in [-0.1, -0.05) is 11.6 Å². The van der Waals surface area contributed by atoms with Crippen LogP contribution in [-0.4, -0.2) is 21.7 Å². The van der Waals surface area contributed by atoms with Crippen LogP contribution in [0.1, 0.15) is 12.1 Å². The van der Waals surface area contributed by atoms with Crippen molar-refractivity contribution in [1.82, 2.24) is 14.5 Å². The number of urea groups is 1. The molecule has 0 saturated heterocycles. The highest BCUT2D eigenvalue weighted by Crippen LogP contribution is 2.28. The Morgan fingerprint density at radius 3 is 2.52 bits per heavy atom. The van der Waals surface area contributed by atoms with Gasteiger partial charge in [-0.3, -0.25) is 9.36 Å². The number of nitriles is 1. The summed E-state index contributed by atoms with van der Waals surface area (Å²) >= 11 is 5.84. The first-order valence-electron chi connectivity index (χ1n) is 7.79. The molecule has 0 spiro atoms. The molecule has 1 aromatic heterocycles. The molecule has 0 atom stereocenters. The summed E-state index contributed by atoms with van der Waals surface area (Å²) in [4.78, 5) is 36.2. The van der Waals surface area contributed by atoms with Gasteiger partial charge in [0.25, 0.3) is 5.56 Å². The number of aromatic nitrogens is 2. The number of anilines is 1. The number of nitrogens with one attached hydrogen (secondary N) is 2. The number of benzene rings is 1. The van der Waals surface area contributed by atoms with E-state index in [4.69, 9.17) is 16.9 Å². The summed E-state index contributed by atoms with van der Waals surface area (Å²) < 4.78 is 53.5. The second-order valence-corrected chi connectivity index (χ2v) is 6.02. The zero-order chi connectivity index (χ0) is 21.9. The third-order valence-electron chi connectivity index (χ3n) is 3.66. The lowest BCUT2D eigenvalue weighted by molar-refractivity contribution is -0.144. The fourth-order valence-corrected chi connectivity index (χ4v) is 2.52. The van der Waals surface area contributed by atoms with Gasteiger partial charge >= 0.3 is 17.9 Å². The van der Waals surface area contributed by atoms with Crippen LogP contribution >= 0.6 is 11.6 Å². The SMILES string of the molecule is Cn1c(C(F)(F)F)cc(=O)n(-c2cc(NC(=O)NCCC#N)c(Cl)cc2F)c1=O. The number of hydrogen-bond acceptors (Lipinski definition) is 4. The van der Waals surface area contributed by atoms with Gasteiger partial charge in [-0.05, 0) is 12.1 Å². The summed E-state index contributed by atoms with van der Waals surface area (Å²) in [5.41, 5.74) is -5.30. The normalized spacial score (nSPS) is 11.1. The van der Waals surface area contributed by atoms with Crippen LogP contribution in [-0.2, 0) is 13.2 Å². The van der Waals surface area contributed by atoms with Gasteiger partial charge in [0.2, 0.25) is 0 Å². The Hall–Kier alpha value is -3.33. The number of alkyl halides is 3. The highest BCUT2D eigenvalue weighted by Gasteiger charge is 2.35. The van der Waals surface area contributed by atoms with E-state index in [1.54, 1.807) is 6.07 Å². The first-order chi connectivity index (χ1) is 13.5. The van der Waals surface area contributed by atoms with Gasteiger partial charge in [0.05, 0.1) is 28.9 Å². The lowest BCUT2D eigenvalue weighted by atomic mass is 10.2. The fourth-order valence-electron chi connectivity index (χ4n) is 2.32. The molecule has 1 aromatic carbocycles. The third-order valence-corrected chi connectivity index (χ3v) is 3.97. The predicted molar refractivity (Wildman–Crippen MR) is 94.5 cm³/mol. The van der Waals surface area contributed by atoms with Gasteiger partial charge in [0, 0.05) is 19.7 Å². The molecule has 0 unspecified atom stereocenters. The molecule has 0 bridgehead atoms. The van der Waals surface area contributed by atoms with Crippen molar-refractivity contribution in [3.05, 3.63) is 55.6 Å². The second kappa shape index (κ2) is 8.36. The number of rotatable bonds is 4. The van der Waals surface area contributed by atoms with Crippen molar-refractivity contribution in [3.63, 3.8) is 0 Å². The van der Waals surface area contributed by atoms with E-state index in [1.165, 1.54) is 0 Å². The molecule has 0 aliphatic rings. The molecule has 8 nitrogen and oxygen atoms in total. The maximum atomic E-state index is 14.3. The van der Waals surface area contributed by atoms with Gasteiger partial charge in [0.1, 0.15) is 11.5 Å². The van der Waals surface area contributed by atoms with Crippen LogP contribution in [0.4, 0.5) is 28.0 Å². The van der Waals surface area contributed by atoms with Crippen LogP contribution in [0.2, 0.25) is 5.02 Å². The van der Waals surface area contributed by atoms with Crippen LogP contribution in [0.3, 0.4) is 0 Å². The van der Waals surface area contributed by atoms with Crippen molar-refractivity contribution in [2.45, 2.75) is 12.6 Å². The van der Waals surface area contributed by atoms with Gasteiger partial charge in [-0.2, -0.15) is 18.4 Å². The van der Waals surface area contributed by atoms with Crippen molar-refractivity contribution in [2.75, 3.05) is 11.9 Å². The average Bonchev–Trinajstić information content (AvgIpc) is 2.61. The van der Waals surface area contributed by atoms with E-state index in [-0.39, 0.29) is 38.9 Å². The molecular weight excluding hydrogens is 422 g/mol. The highest BCUT2D eigenvalue weighted by molar-refractivity contribution is 6.33. The first kappa shape index (κ1) is 22.0. The number of amides is 2. The third kappa shape index (κ3) is 4.75. The minimum atomic E-state index is -4.97. The Labute approximate surface area is 164 Å². The molecule has 13 heteroatoms. The van der Waals surface area contributed by atoms with Crippen molar-refractivity contribution >= 4 is 23.3 Å². The molecule has 29 heavy (non-hydrogen) atoms. The zero-order valence-corrected chi connectivity index (χ0v) is 15.4. The summed E-state index contributed by atoms with van der Waals surface area (Å²) in [6.07, 6.45) is -4.95. The van der Waals surface area contributed by atoms with E-state index in [9.17, 15) is 31.9 Å². The quantitative estimate of drug-likeness (QED) is 0.570. The van der Waals surface area contributed by atoms with Gasteiger partial charge < -0.3 is 10.6 Å². The van der Waals surface area contributed by atoms with E-state index >= 15 is 0 Å². The zero-order valence-electron chi connectivity index (χ0n) is 14.6. The number of halogens is 5. The number of carbonyl (C=O) groups is 1. The summed E-state index contributed by atoms with van der Waals surface area (Å²) in [6.45, 7) is 0.00685. The van der Waals surface area contributed by atoms with E-state index in [0.29, 0.717) is 6.07 Å². The molecule has 0 radical (unpaired) electrons. The molecule has 2 amide bonds. The lowest BCUT2D eigenvalue weighted by Gasteiger charge is -2.15. The Morgan fingerprint density at radius 2 is 1.93 bits per heavy atom. The molecule has 2 N–H and O–H groups in total. The van der Waals surface area contributed by atoms with E-state index in [0.717, 1.165) is 13.1 Å². The van der Waals surface area contributed by atoms with Crippen LogP contribution in [0.15, 0.2) is 27.8 Å². The largest absolute Gasteiger partial charge is 0.431 e. The Morgan fingerprint density at radius 1 is 1.28 bits per heavy atom. The van der Waals surface area contributed by atoms with Crippen LogP contribution in [0.5, 0.6) is 0 Å². The van der Waals surface area contributed by atoms with Crippen molar-refractivity contribution in [2.24, 2.45) is 7.05 Å². The van der Waals surface area contributed by atoms with Crippen LogP contribution in [0.25, 0.3) is 5.69 Å². The Balaban J connectivity index is 2.55. The molecule has 2 rings (SSSR count). The highest BCUT2D eigenvalue weighted by atomic mass is 35.5. The first-order valence-corrected chi connectivity index (χ1v) is 8.16. The summed E-state index contributed by atoms with van der Waals surface area (Å²) in [6, 6.07) is 2.65. The van der Waals surface area contributed by atoms with Gasteiger partial charge in [-0.15, -0.1) is 0 Å². The minimum absolute atomic E-state index is 0.00685. The lowest BCUT2D eigenvalue weighted by Crippen LogP contribution is -2.41. The maximum Gasteiger partial charge on any atom is 0.431 e. The second-order valence-electron chi connectivity index (χ2n) is 5.62. The smallest absolute Gasteiger partial charge is 0.337 e. The number of hydrogen-bond donors (Lipinski definition) is 2. The number of carbonyl (C=O) groups excluding carboxylic acids is 1. The Kier molecular flexibility index (Phi) is 6.33. The minimum Gasteiger partial charge on any atom is -0.337 e. The van der Waals surface area contributed by atoms with Crippen LogP contribution < -0.4 is 21.9 Å². The molecule has 154 valence electrons. The van der Waals surface area contributed by atoms with E-state index < -0.39 is 40.7 Å². The maximum absolute atomic E-state index is 14.3. The molecule has 2 aromatic rings. The molecular formula is C16H12ClF4N5O3. The fraction of sp³-hybridized carbons (Fsp3) is 0.250. The monoisotopic (exact) mass is 433 g/mol. The van der Waals surface area contributed by atoms with Crippen molar-refractivity contribution in [3.8, 4) is 11.8 Å². The average molecular weight is 434 g/mol. The summed E-state index contributed by atoms with van der Waals surface area (Å²) in [7, 11) is 0.775. The van der Waals surface area contributed by atoms with E-state index in [2.05, 4.69) is 10.6 Å². The van der Waals surface area contributed by atoms with Crippen molar-refractivity contribution < 1.29 is 22.4 Å². The molecule has 0 aliphatic carbocycles. The number of nitrogens with zero attached hydrogens (tertiary/aromatic N) is 3. The molecule has 0 aliphatic heterocycles. The van der Waals surface area contributed by atoms with Gasteiger partial charge in [-0.25, -0.2) is 18.5 Å². The Bertz CT molecular complexity index is 1120.